The van der Waals surface area contributed by atoms with Crippen LogP contribution in [0, 0.1) is 0 Å². The molecule has 3 aromatic rings. The van der Waals surface area contributed by atoms with E-state index in [4.69, 9.17) is 4.52 Å². The lowest BCUT2D eigenvalue weighted by molar-refractivity contribution is 0.0951. The largest absolute Gasteiger partial charge is 0.345 e. The van der Waals surface area contributed by atoms with Gasteiger partial charge in [-0.1, -0.05) is 37.2 Å². The average Bonchev–Trinajstić information content (AvgIpc) is 3.05. The van der Waals surface area contributed by atoms with Crippen molar-refractivity contribution in [1.82, 2.24) is 20.0 Å². The summed E-state index contributed by atoms with van der Waals surface area (Å²) in [5.74, 6) is 0.710. The lowest BCUT2D eigenvalue weighted by Crippen LogP contribution is -2.27. The average molecular weight is 326 g/mol. The van der Waals surface area contributed by atoms with Crippen LogP contribution in [0.4, 0.5) is 0 Å². The van der Waals surface area contributed by atoms with E-state index in [1.165, 1.54) is 10.6 Å². The molecule has 3 rings (SSSR count). The van der Waals surface area contributed by atoms with Crippen LogP contribution in [0.2, 0.25) is 0 Å². The minimum Gasteiger partial charge on any atom is -0.345 e. The molecule has 24 heavy (non-hydrogen) atoms. The highest BCUT2D eigenvalue weighted by Crippen LogP contribution is 2.16. The molecule has 0 radical (unpaired) electrons. The summed E-state index contributed by atoms with van der Waals surface area (Å²) in [6.07, 6.45) is 0. The number of nitrogens with one attached hydrogen (secondary N) is 1. The highest BCUT2D eigenvalue weighted by molar-refractivity contribution is 6.06. The molecule has 0 fully saturated rings. The molecule has 7 nitrogen and oxygen atoms in total. The van der Waals surface area contributed by atoms with Gasteiger partial charge < -0.3 is 14.4 Å². The molecule has 1 aromatic carbocycles. The Kier molecular flexibility index (Phi) is 4.16. The SMILES string of the molecule is CC(C)c1nc(CNC(=O)c2cc(=O)n(C)c3ccccc23)no1. The molecule has 0 spiro atoms. The number of carbonyl (C=O) groups excluding carboxylic acids is 1. The maximum atomic E-state index is 12.5. The molecular formula is C17H18N4O3. The van der Waals surface area contributed by atoms with Gasteiger partial charge in [-0.05, 0) is 6.07 Å². The molecule has 2 aromatic heterocycles. The Bertz CT molecular complexity index is 956. The van der Waals surface area contributed by atoms with E-state index in [2.05, 4.69) is 15.5 Å². The van der Waals surface area contributed by atoms with Crippen LogP contribution in [-0.2, 0) is 13.6 Å². The van der Waals surface area contributed by atoms with E-state index in [0.717, 1.165) is 0 Å². The number of aromatic nitrogens is 3. The summed E-state index contributed by atoms with van der Waals surface area (Å²) >= 11 is 0. The third-order valence-corrected chi connectivity index (χ3v) is 3.78. The second-order valence-corrected chi connectivity index (χ2v) is 5.86. The fourth-order valence-corrected chi connectivity index (χ4v) is 2.43. The van der Waals surface area contributed by atoms with Crippen molar-refractivity contribution in [2.24, 2.45) is 7.05 Å². The zero-order valence-corrected chi connectivity index (χ0v) is 13.7. The first-order valence-corrected chi connectivity index (χ1v) is 7.67. The molecule has 0 aliphatic heterocycles. The number of pyridine rings is 1. The quantitative estimate of drug-likeness (QED) is 0.791. The van der Waals surface area contributed by atoms with E-state index in [9.17, 15) is 9.59 Å². The molecule has 124 valence electrons. The normalized spacial score (nSPS) is 11.2. The molecular weight excluding hydrogens is 308 g/mol. The number of hydrogen-bond donors (Lipinski definition) is 1. The zero-order chi connectivity index (χ0) is 17.3. The second-order valence-electron chi connectivity index (χ2n) is 5.86. The predicted molar refractivity (Wildman–Crippen MR) is 88.7 cm³/mol. The summed E-state index contributed by atoms with van der Waals surface area (Å²) in [6.45, 7) is 4.03. The van der Waals surface area contributed by atoms with Gasteiger partial charge in [-0.2, -0.15) is 4.98 Å². The van der Waals surface area contributed by atoms with Crippen molar-refractivity contribution in [1.29, 1.82) is 0 Å². The van der Waals surface area contributed by atoms with Crippen LogP contribution < -0.4 is 10.9 Å². The monoisotopic (exact) mass is 326 g/mol. The molecule has 7 heteroatoms. The number of aryl methyl sites for hydroxylation is 1. The Hall–Kier alpha value is -2.96. The molecule has 1 amide bonds. The van der Waals surface area contributed by atoms with Gasteiger partial charge in [-0.3, -0.25) is 9.59 Å². The van der Waals surface area contributed by atoms with Crippen molar-refractivity contribution in [2.75, 3.05) is 0 Å². The van der Waals surface area contributed by atoms with E-state index in [0.29, 0.717) is 28.2 Å². The number of rotatable bonds is 4. The smallest absolute Gasteiger partial charge is 0.252 e. The van der Waals surface area contributed by atoms with Gasteiger partial charge in [0, 0.05) is 24.4 Å². The molecule has 0 atom stereocenters. The first kappa shape index (κ1) is 15.9. The molecule has 1 N–H and O–H groups in total. The van der Waals surface area contributed by atoms with Crippen molar-refractivity contribution in [3.8, 4) is 0 Å². The van der Waals surface area contributed by atoms with Gasteiger partial charge in [0.1, 0.15) is 0 Å². The molecule has 0 aliphatic carbocycles. The summed E-state index contributed by atoms with van der Waals surface area (Å²) in [7, 11) is 1.68. The highest BCUT2D eigenvalue weighted by Gasteiger charge is 2.15. The lowest BCUT2D eigenvalue weighted by Gasteiger charge is -2.09. The fourth-order valence-electron chi connectivity index (χ4n) is 2.43. The molecule has 0 saturated carbocycles. The summed E-state index contributed by atoms with van der Waals surface area (Å²) in [6, 6.07) is 8.62. The van der Waals surface area contributed by atoms with Crippen molar-refractivity contribution in [2.45, 2.75) is 26.3 Å². The van der Waals surface area contributed by atoms with Crippen LogP contribution in [0.1, 0.15) is 41.8 Å². The summed E-state index contributed by atoms with van der Waals surface area (Å²) in [5, 5.41) is 7.28. The fraction of sp³-hybridized carbons (Fsp3) is 0.294. The number of benzene rings is 1. The van der Waals surface area contributed by atoms with Gasteiger partial charge in [-0.25, -0.2) is 0 Å². The van der Waals surface area contributed by atoms with Gasteiger partial charge in [0.25, 0.3) is 11.5 Å². The highest BCUT2D eigenvalue weighted by atomic mass is 16.5. The number of amides is 1. The van der Waals surface area contributed by atoms with Crippen molar-refractivity contribution >= 4 is 16.8 Å². The zero-order valence-electron chi connectivity index (χ0n) is 13.7. The van der Waals surface area contributed by atoms with E-state index >= 15 is 0 Å². The van der Waals surface area contributed by atoms with Crippen LogP contribution in [0.5, 0.6) is 0 Å². The van der Waals surface area contributed by atoms with Gasteiger partial charge >= 0.3 is 0 Å². The Balaban J connectivity index is 1.86. The Labute approximate surface area is 138 Å². The maximum absolute atomic E-state index is 12.5. The molecule has 0 unspecified atom stereocenters. The van der Waals surface area contributed by atoms with E-state index in [-0.39, 0.29) is 23.9 Å². The maximum Gasteiger partial charge on any atom is 0.252 e. The van der Waals surface area contributed by atoms with E-state index < -0.39 is 0 Å². The summed E-state index contributed by atoms with van der Waals surface area (Å²) in [4.78, 5) is 28.8. The van der Waals surface area contributed by atoms with Crippen molar-refractivity contribution in [3.63, 3.8) is 0 Å². The van der Waals surface area contributed by atoms with Gasteiger partial charge in [0.2, 0.25) is 5.89 Å². The van der Waals surface area contributed by atoms with Crippen LogP contribution in [0.25, 0.3) is 10.9 Å². The Morgan fingerprint density at radius 1 is 1.33 bits per heavy atom. The van der Waals surface area contributed by atoms with Crippen LogP contribution >= 0.6 is 0 Å². The van der Waals surface area contributed by atoms with Gasteiger partial charge in [0.05, 0.1) is 17.6 Å². The lowest BCUT2D eigenvalue weighted by atomic mass is 10.1. The molecule has 0 aliphatic rings. The van der Waals surface area contributed by atoms with Gasteiger partial charge in [0.15, 0.2) is 5.82 Å². The second kappa shape index (κ2) is 6.27. The molecule has 2 heterocycles. The van der Waals surface area contributed by atoms with E-state index in [1.54, 1.807) is 7.05 Å². The minimum atomic E-state index is -0.347. The molecule has 0 saturated heterocycles. The number of hydrogen-bond acceptors (Lipinski definition) is 5. The Morgan fingerprint density at radius 3 is 2.79 bits per heavy atom. The van der Waals surface area contributed by atoms with Crippen LogP contribution in [-0.4, -0.2) is 20.6 Å². The Morgan fingerprint density at radius 2 is 2.08 bits per heavy atom. The number of para-hydroxylation sites is 1. The van der Waals surface area contributed by atoms with E-state index in [1.807, 2.05) is 38.1 Å². The van der Waals surface area contributed by atoms with Crippen LogP contribution in [0.15, 0.2) is 39.6 Å². The van der Waals surface area contributed by atoms with Crippen molar-refractivity contribution < 1.29 is 9.32 Å². The number of fused-ring (bicyclic) bond motifs is 1. The number of nitrogens with zero attached hydrogens (tertiary/aromatic N) is 3. The first-order chi connectivity index (χ1) is 11.5. The molecule has 0 bridgehead atoms. The predicted octanol–water partition coefficient (Wildman–Crippen LogP) is 1.97. The third kappa shape index (κ3) is 2.92. The number of carbonyl (C=O) groups is 1. The van der Waals surface area contributed by atoms with Gasteiger partial charge in [-0.15, -0.1) is 0 Å². The summed E-state index contributed by atoms with van der Waals surface area (Å²) in [5.41, 5.74) is 0.804. The first-order valence-electron chi connectivity index (χ1n) is 7.67. The van der Waals surface area contributed by atoms with Crippen LogP contribution in [0.3, 0.4) is 0 Å². The third-order valence-electron chi connectivity index (χ3n) is 3.78. The van der Waals surface area contributed by atoms with Crippen molar-refractivity contribution in [3.05, 3.63) is 58.0 Å². The standard InChI is InChI=1S/C17H18N4O3/c1-10(2)17-19-14(20-24-17)9-18-16(23)12-8-15(22)21(3)13-7-5-4-6-11(12)13/h4-8,10H,9H2,1-3H3,(H,18,23). The topological polar surface area (TPSA) is 90.0 Å². The summed E-state index contributed by atoms with van der Waals surface area (Å²) < 4.78 is 6.62. The minimum absolute atomic E-state index is 0.128.